The highest BCUT2D eigenvalue weighted by Crippen LogP contribution is 2.32. The Bertz CT molecular complexity index is 1920. The summed E-state index contributed by atoms with van der Waals surface area (Å²) >= 11 is 7.29. The van der Waals surface area contributed by atoms with Gasteiger partial charge < -0.3 is 19.0 Å². The Hall–Kier alpha value is -4.67. The molecule has 2 aromatic heterocycles. The molecule has 3 heterocycles. The molecule has 1 atom stereocenters. The van der Waals surface area contributed by atoms with Gasteiger partial charge in [0, 0.05) is 11.6 Å². The predicted octanol–water partition coefficient (Wildman–Crippen LogP) is 4.97. The van der Waals surface area contributed by atoms with Crippen LogP contribution in [0.3, 0.4) is 0 Å². The smallest absolute Gasteiger partial charge is 0.338 e. The van der Waals surface area contributed by atoms with Gasteiger partial charge in [-0.15, -0.1) is 0 Å². The van der Waals surface area contributed by atoms with E-state index >= 15 is 0 Å². The fraction of sp³-hybridized carbons (Fsp3) is 0.161. The number of carboxylic acid groups (broad SMARTS) is 1. The van der Waals surface area contributed by atoms with Crippen LogP contribution in [0.1, 0.15) is 41.6 Å². The van der Waals surface area contributed by atoms with Crippen LogP contribution in [0.4, 0.5) is 0 Å². The van der Waals surface area contributed by atoms with Crippen molar-refractivity contribution in [3.05, 3.63) is 120 Å². The van der Waals surface area contributed by atoms with Crippen molar-refractivity contribution in [2.75, 3.05) is 13.2 Å². The van der Waals surface area contributed by atoms with Crippen molar-refractivity contribution in [3.63, 3.8) is 0 Å². The number of thiazole rings is 1. The fourth-order valence-corrected chi connectivity index (χ4v) is 5.85. The van der Waals surface area contributed by atoms with Crippen LogP contribution >= 0.6 is 22.9 Å². The summed E-state index contributed by atoms with van der Waals surface area (Å²) in [6.07, 6.45) is 3.25. The summed E-state index contributed by atoms with van der Waals surface area (Å²) < 4.78 is 18.7. The first-order chi connectivity index (χ1) is 20.2. The molecule has 0 aliphatic carbocycles. The molecule has 0 amide bonds. The van der Waals surface area contributed by atoms with Gasteiger partial charge in [-0.05, 0) is 55.8 Å². The number of carbonyl (C=O) groups excluding carboxylic acids is 1. The number of allylic oxidation sites excluding steroid dienone is 1. The van der Waals surface area contributed by atoms with Crippen molar-refractivity contribution >= 4 is 41.0 Å². The Morgan fingerprint density at radius 3 is 2.62 bits per heavy atom. The molecule has 5 rings (SSSR count). The molecule has 0 unspecified atom stereocenters. The van der Waals surface area contributed by atoms with Crippen LogP contribution in [0.25, 0.3) is 17.4 Å². The Kier molecular flexibility index (Phi) is 8.28. The van der Waals surface area contributed by atoms with Gasteiger partial charge in [0.05, 0.1) is 39.0 Å². The lowest BCUT2D eigenvalue weighted by atomic mass is 9.96. The third-order valence-electron chi connectivity index (χ3n) is 6.46. The van der Waals surface area contributed by atoms with Crippen molar-refractivity contribution in [2.45, 2.75) is 19.9 Å². The zero-order valence-corrected chi connectivity index (χ0v) is 24.2. The lowest BCUT2D eigenvalue weighted by Crippen LogP contribution is -2.39. The molecule has 0 spiro atoms. The van der Waals surface area contributed by atoms with E-state index in [0.29, 0.717) is 50.0 Å². The number of nitrogens with zero attached hydrogens (tertiary/aromatic N) is 2. The summed E-state index contributed by atoms with van der Waals surface area (Å²) in [4.78, 5) is 43.2. The second-order valence-electron chi connectivity index (χ2n) is 9.17. The number of halogens is 1. The fourth-order valence-electron chi connectivity index (χ4n) is 4.56. The van der Waals surface area contributed by atoms with Gasteiger partial charge in [-0.1, -0.05) is 53.8 Å². The number of aromatic carboxylic acids is 1. The van der Waals surface area contributed by atoms with Gasteiger partial charge in [0.15, 0.2) is 4.80 Å². The van der Waals surface area contributed by atoms with Gasteiger partial charge in [-0.2, -0.15) is 0 Å². The van der Waals surface area contributed by atoms with E-state index in [1.807, 2.05) is 0 Å². The quantitative estimate of drug-likeness (QED) is 0.211. The maximum Gasteiger partial charge on any atom is 0.338 e. The highest BCUT2D eigenvalue weighted by Gasteiger charge is 2.33. The largest absolute Gasteiger partial charge is 0.490 e. The molecule has 9 nitrogen and oxygen atoms in total. The number of rotatable bonds is 9. The number of fused-ring (bicyclic) bond motifs is 1. The van der Waals surface area contributed by atoms with Crippen molar-refractivity contribution in [2.24, 2.45) is 4.99 Å². The van der Waals surface area contributed by atoms with Gasteiger partial charge in [-0.3, -0.25) is 9.36 Å². The molecule has 0 bridgehead atoms. The summed E-state index contributed by atoms with van der Waals surface area (Å²) in [6, 6.07) is 14.3. The summed E-state index contributed by atoms with van der Waals surface area (Å²) in [6.45, 7) is 7.61. The second-order valence-corrected chi connectivity index (χ2v) is 10.6. The SMILES string of the molecule is C=CCOc1ccc([C@@H]2C(C(=O)OCC)=C(C)N=c3s/c(=C\c4ccc(-c5ccc(C(=O)O)c(Cl)c5)o4)c(=O)n32)cc1. The van der Waals surface area contributed by atoms with Crippen molar-refractivity contribution in [3.8, 4) is 17.1 Å². The summed E-state index contributed by atoms with van der Waals surface area (Å²) in [5.41, 5.74) is 1.64. The van der Waals surface area contributed by atoms with Gasteiger partial charge in [0.25, 0.3) is 5.56 Å². The maximum absolute atomic E-state index is 13.8. The van der Waals surface area contributed by atoms with Gasteiger partial charge >= 0.3 is 11.9 Å². The van der Waals surface area contributed by atoms with E-state index in [-0.39, 0.29) is 28.3 Å². The third kappa shape index (κ3) is 5.59. The molecule has 0 saturated heterocycles. The molecule has 1 aliphatic heterocycles. The van der Waals surface area contributed by atoms with Crippen LogP contribution in [0.15, 0.2) is 92.7 Å². The minimum absolute atomic E-state index is 0.0146. The first-order valence-corrected chi connectivity index (χ1v) is 14.1. The van der Waals surface area contributed by atoms with Gasteiger partial charge in [-0.25, -0.2) is 14.6 Å². The molecule has 1 aliphatic rings. The Morgan fingerprint density at radius 1 is 1.19 bits per heavy atom. The van der Waals surface area contributed by atoms with E-state index in [0.717, 1.165) is 0 Å². The second kappa shape index (κ2) is 12.1. The molecule has 11 heteroatoms. The molecule has 0 saturated carbocycles. The number of aromatic nitrogens is 1. The van der Waals surface area contributed by atoms with Crippen LogP contribution in [0.5, 0.6) is 5.75 Å². The summed E-state index contributed by atoms with van der Waals surface area (Å²) in [7, 11) is 0. The third-order valence-corrected chi connectivity index (χ3v) is 7.76. The van der Waals surface area contributed by atoms with Crippen LogP contribution in [0.2, 0.25) is 5.02 Å². The Balaban J connectivity index is 1.57. The van der Waals surface area contributed by atoms with Crippen LogP contribution < -0.4 is 19.6 Å². The molecule has 0 fully saturated rings. The van der Waals surface area contributed by atoms with Crippen LogP contribution in [-0.2, 0) is 9.53 Å². The van der Waals surface area contributed by atoms with Crippen molar-refractivity contribution < 1.29 is 28.6 Å². The molecule has 214 valence electrons. The zero-order chi connectivity index (χ0) is 30.0. The van der Waals surface area contributed by atoms with E-state index < -0.39 is 18.0 Å². The highest BCUT2D eigenvalue weighted by molar-refractivity contribution is 7.07. The molecule has 0 radical (unpaired) electrons. The monoisotopic (exact) mass is 604 g/mol. The van der Waals surface area contributed by atoms with E-state index in [9.17, 15) is 19.5 Å². The van der Waals surface area contributed by atoms with Crippen LogP contribution in [-0.4, -0.2) is 34.8 Å². The van der Waals surface area contributed by atoms with E-state index in [2.05, 4.69) is 11.6 Å². The minimum atomic E-state index is -1.13. The Morgan fingerprint density at radius 2 is 1.95 bits per heavy atom. The summed E-state index contributed by atoms with van der Waals surface area (Å²) in [5, 5.41) is 9.31. The Labute approximate surface area is 248 Å². The number of hydrogen-bond donors (Lipinski definition) is 1. The number of ether oxygens (including phenoxy) is 2. The molecular formula is C31H25ClN2O7S. The summed E-state index contributed by atoms with van der Waals surface area (Å²) in [5.74, 6) is -0.204. The number of esters is 1. The molecular weight excluding hydrogens is 580 g/mol. The van der Waals surface area contributed by atoms with Crippen molar-refractivity contribution in [1.82, 2.24) is 4.57 Å². The normalized spacial score (nSPS) is 14.7. The average Bonchev–Trinajstić information content (AvgIpc) is 3.55. The molecule has 42 heavy (non-hydrogen) atoms. The lowest BCUT2D eigenvalue weighted by Gasteiger charge is -2.24. The highest BCUT2D eigenvalue weighted by atomic mass is 35.5. The standard InChI is InChI=1S/C31H25ClN2O7S/c1-4-14-40-20-9-6-18(7-10-20)27-26(30(38)39-5-2)17(3)33-31-34(27)28(35)25(42-31)16-21-11-13-24(41-21)19-8-12-22(29(36)37)23(32)15-19/h4,6-13,15-16,27H,1,5,14H2,2-3H3,(H,36,37)/b25-16-/t27-/m1/s1. The number of furan rings is 1. The molecule has 4 aromatic rings. The van der Waals surface area contributed by atoms with Gasteiger partial charge in [0.2, 0.25) is 0 Å². The minimum Gasteiger partial charge on any atom is -0.490 e. The molecule has 1 N–H and O–H groups in total. The number of hydrogen-bond acceptors (Lipinski definition) is 8. The van der Waals surface area contributed by atoms with Crippen molar-refractivity contribution in [1.29, 1.82) is 0 Å². The first-order valence-electron chi connectivity index (χ1n) is 12.9. The number of carbonyl (C=O) groups is 2. The molecule has 2 aromatic carbocycles. The predicted molar refractivity (Wildman–Crippen MR) is 159 cm³/mol. The lowest BCUT2D eigenvalue weighted by molar-refractivity contribution is -0.139. The van der Waals surface area contributed by atoms with E-state index in [4.69, 9.17) is 25.5 Å². The maximum atomic E-state index is 13.8. The first kappa shape index (κ1) is 28.8. The van der Waals surface area contributed by atoms with E-state index in [1.165, 1.54) is 28.0 Å². The average molecular weight is 605 g/mol. The van der Waals surface area contributed by atoms with E-state index in [1.54, 1.807) is 68.5 Å². The number of carboxylic acids is 1. The number of benzene rings is 2. The topological polar surface area (TPSA) is 120 Å². The zero-order valence-electron chi connectivity index (χ0n) is 22.6. The van der Waals surface area contributed by atoms with Crippen LogP contribution in [0, 0.1) is 0 Å². The van der Waals surface area contributed by atoms with Gasteiger partial charge in [0.1, 0.15) is 23.9 Å².